The van der Waals surface area contributed by atoms with Gasteiger partial charge < -0.3 is 5.73 Å². The van der Waals surface area contributed by atoms with Crippen molar-refractivity contribution < 1.29 is 0 Å². The predicted molar refractivity (Wildman–Crippen MR) is 54.9 cm³/mol. The molecule has 84 valence electrons. The second-order valence-electron chi connectivity index (χ2n) is 3.11. The number of aromatic amines is 1. The van der Waals surface area contributed by atoms with Crippen LogP contribution in [0.2, 0.25) is 0 Å². The molecule has 0 spiro atoms. The third-order valence-corrected chi connectivity index (χ3v) is 1.97. The van der Waals surface area contributed by atoms with E-state index in [1.807, 2.05) is 6.92 Å². The van der Waals surface area contributed by atoms with E-state index in [4.69, 9.17) is 5.73 Å². The third kappa shape index (κ3) is 2.24. The van der Waals surface area contributed by atoms with Gasteiger partial charge in [-0.1, -0.05) is 6.92 Å². The van der Waals surface area contributed by atoms with Gasteiger partial charge in [0.05, 0.1) is 0 Å². The first-order valence-electron chi connectivity index (χ1n) is 4.75. The predicted octanol–water partition coefficient (Wildman–Crippen LogP) is -1.93. The summed E-state index contributed by atoms with van der Waals surface area (Å²) in [5.74, 6) is 0. The molecule has 0 amide bonds. The number of rotatable bonds is 4. The number of nitrogens with one attached hydrogen (secondary N) is 1. The van der Waals surface area contributed by atoms with E-state index >= 15 is 0 Å². The fourth-order valence-electron chi connectivity index (χ4n) is 1.29. The smallest absolute Gasteiger partial charge is 0.329 e. The Morgan fingerprint density at radius 2 is 1.67 bits per heavy atom. The van der Waals surface area contributed by atoms with Gasteiger partial charge in [0, 0.05) is 19.6 Å². The minimum absolute atomic E-state index is 0.109. The topological polar surface area (TPSA) is 103 Å². The van der Waals surface area contributed by atoms with E-state index in [0.29, 0.717) is 13.0 Å². The Morgan fingerprint density at radius 1 is 1.13 bits per heavy atom. The van der Waals surface area contributed by atoms with Crippen LogP contribution in [-0.2, 0) is 13.1 Å². The van der Waals surface area contributed by atoms with Crippen molar-refractivity contribution in [1.82, 2.24) is 14.1 Å². The summed E-state index contributed by atoms with van der Waals surface area (Å²) in [7, 11) is 0. The molecule has 0 aliphatic carbocycles. The molecule has 7 heteroatoms. The highest BCUT2D eigenvalue weighted by atomic mass is 16.2. The minimum atomic E-state index is -0.706. The Bertz CT molecular complexity index is 455. The van der Waals surface area contributed by atoms with Crippen molar-refractivity contribution in [3.63, 3.8) is 0 Å². The van der Waals surface area contributed by atoms with Crippen LogP contribution in [-0.4, -0.2) is 20.7 Å². The highest BCUT2D eigenvalue weighted by molar-refractivity contribution is 4.74. The normalized spacial score (nSPS) is 10.5. The zero-order chi connectivity index (χ0) is 11.4. The maximum atomic E-state index is 11.6. The average molecular weight is 214 g/mol. The van der Waals surface area contributed by atoms with Crippen molar-refractivity contribution in [2.45, 2.75) is 26.4 Å². The van der Waals surface area contributed by atoms with Gasteiger partial charge in [0.25, 0.3) is 0 Å². The van der Waals surface area contributed by atoms with Crippen molar-refractivity contribution >= 4 is 0 Å². The van der Waals surface area contributed by atoms with Crippen molar-refractivity contribution in [1.29, 1.82) is 0 Å². The Kier molecular flexibility index (Phi) is 3.62. The van der Waals surface area contributed by atoms with Gasteiger partial charge in [-0.25, -0.2) is 23.5 Å². The van der Waals surface area contributed by atoms with Crippen LogP contribution in [0, 0.1) is 0 Å². The summed E-state index contributed by atoms with van der Waals surface area (Å²) in [5.41, 5.74) is 3.29. The number of H-pyrrole nitrogens is 1. The van der Waals surface area contributed by atoms with Gasteiger partial charge in [-0.3, -0.25) is 4.98 Å². The summed E-state index contributed by atoms with van der Waals surface area (Å²) >= 11 is 0. The lowest BCUT2D eigenvalue weighted by molar-refractivity contribution is 0.509. The first-order chi connectivity index (χ1) is 7.11. The molecule has 15 heavy (non-hydrogen) atoms. The largest absolute Gasteiger partial charge is 0.336 e. The van der Waals surface area contributed by atoms with E-state index in [-0.39, 0.29) is 13.1 Å². The zero-order valence-electron chi connectivity index (χ0n) is 8.52. The van der Waals surface area contributed by atoms with Crippen molar-refractivity contribution in [2.75, 3.05) is 6.54 Å². The molecule has 0 aliphatic heterocycles. The van der Waals surface area contributed by atoms with E-state index in [9.17, 15) is 14.4 Å². The Balaban J connectivity index is 3.43. The first-order valence-corrected chi connectivity index (χ1v) is 4.75. The molecule has 1 aromatic rings. The summed E-state index contributed by atoms with van der Waals surface area (Å²) in [5, 5.41) is 0. The maximum Gasteiger partial charge on any atom is 0.336 e. The molecule has 0 atom stereocenters. The van der Waals surface area contributed by atoms with Crippen LogP contribution in [0.3, 0.4) is 0 Å². The van der Waals surface area contributed by atoms with Crippen LogP contribution in [0.5, 0.6) is 0 Å². The second kappa shape index (κ2) is 4.74. The van der Waals surface area contributed by atoms with Gasteiger partial charge in [0.2, 0.25) is 0 Å². The van der Waals surface area contributed by atoms with Crippen molar-refractivity contribution in [2.24, 2.45) is 5.73 Å². The van der Waals surface area contributed by atoms with Crippen LogP contribution in [0.1, 0.15) is 13.3 Å². The molecule has 0 saturated carbocycles. The van der Waals surface area contributed by atoms with Gasteiger partial charge >= 0.3 is 17.1 Å². The molecule has 3 N–H and O–H groups in total. The maximum absolute atomic E-state index is 11.6. The SMILES string of the molecule is CCCn1c(=O)[nH]c(=O)n(CCN)c1=O. The van der Waals surface area contributed by atoms with E-state index < -0.39 is 17.1 Å². The third-order valence-electron chi connectivity index (χ3n) is 1.97. The zero-order valence-corrected chi connectivity index (χ0v) is 8.52. The molecule has 7 nitrogen and oxygen atoms in total. The summed E-state index contributed by atoms with van der Waals surface area (Å²) in [6.07, 6.45) is 0.643. The highest BCUT2D eigenvalue weighted by Crippen LogP contribution is 1.77. The van der Waals surface area contributed by atoms with Gasteiger partial charge in [0.1, 0.15) is 0 Å². The lowest BCUT2D eigenvalue weighted by Crippen LogP contribution is -2.50. The quantitative estimate of drug-likeness (QED) is 0.609. The van der Waals surface area contributed by atoms with Gasteiger partial charge in [-0.15, -0.1) is 0 Å². The lowest BCUT2D eigenvalue weighted by atomic mass is 10.5. The molecule has 0 aliphatic rings. The van der Waals surface area contributed by atoms with Crippen LogP contribution >= 0.6 is 0 Å². The Morgan fingerprint density at radius 3 is 2.13 bits per heavy atom. The molecule has 0 aromatic carbocycles. The summed E-state index contributed by atoms with van der Waals surface area (Å²) in [4.78, 5) is 36.2. The molecular weight excluding hydrogens is 200 g/mol. The molecular formula is C8H14N4O3. The molecule has 0 unspecified atom stereocenters. The average Bonchev–Trinajstić information content (AvgIpc) is 2.19. The van der Waals surface area contributed by atoms with Gasteiger partial charge in [-0.05, 0) is 6.42 Å². The Labute approximate surface area is 85.2 Å². The van der Waals surface area contributed by atoms with Crippen LogP contribution in [0.25, 0.3) is 0 Å². The molecule has 0 fully saturated rings. The fraction of sp³-hybridized carbons (Fsp3) is 0.625. The summed E-state index contributed by atoms with van der Waals surface area (Å²) in [6.45, 7) is 2.41. The summed E-state index contributed by atoms with van der Waals surface area (Å²) in [6, 6.07) is 0. The monoisotopic (exact) mass is 214 g/mol. The first kappa shape index (κ1) is 11.4. The fourth-order valence-corrected chi connectivity index (χ4v) is 1.29. The highest BCUT2D eigenvalue weighted by Gasteiger charge is 2.07. The van der Waals surface area contributed by atoms with E-state index in [1.165, 1.54) is 0 Å². The number of aromatic nitrogens is 3. The summed E-state index contributed by atoms with van der Waals surface area (Å²) < 4.78 is 1.92. The van der Waals surface area contributed by atoms with Crippen molar-refractivity contribution in [3.05, 3.63) is 31.5 Å². The molecule has 1 aromatic heterocycles. The number of nitrogens with two attached hydrogens (primary N) is 1. The van der Waals surface area contributed by atoms with Crippen LogP contribution in [0.15, 0.2) is 14.4 Å². The van der Waals surface area contributed by atoms with E-state index in [1.54, 1.807) is 0 Å². The molecule has 1 heterocycles. The molecule has 0 bridgehead atoms. The minimum Gasteiger partial charge on any atom is -0.329 e. The lowest BCUT2D eigenvalue weighted by Gasteiger charge is -2.06. The van der Waals surface area contributed by atoms with Crippen molar-refractivity contribution in [3.8, 4) is 0 Å². The van der Waals surface area contributed by atoms with Gasteiger partial charge in [-0.2, -0.15) is 0 Å². The number of hydrogen-bond acceptors (Lipinski definition) is 4. The molecule has 0 saturated heterocycles. The standard InChI is InChI=1S/C8H14N4O3/c1-2-4-11-6(13)10-7(14)12(5-3-9)8(11)15/h2-5,9H2,1H3,(H,10,13,14). The van der Waals surface area contributed by atoms with Crippen LogP contribution in [0.4, 0.5) is 0 Å². The second-order valence-corrected chi connectivity index (χ2v) is 3.11. The molecule has 1 rings (SSSR count). The van der Waals surface area contributed by atoms with Crippen LogP contribution < -0.4 is 22.8 Å². The van der Waals surface area contributed by atoms with E-state index in [2.05, 4.69) is 4.98 Å². The number of hydrogen-bond donors (Lipinski definition) is 2. The molecule has 0 radical (unpaired) electrons. The van der Waals surface area contributed by atoms with E-state index in [0.717, 1.165) is 9.13 Å². The Hall–Kier alpha value is -1.63. The number of nitrogens with zero attached hydrogens (tertiary/aromatic N) is 2. The van der Waals surface area contributed by atoms with Gasteiger partial charge in [0.15, 0.2) is 0 Å².